The van der Waals surface area contributed by atoms with Crippen LogP contribution in [0.5, 0.6) is 5.75 Å². The van der Waals surface area contributed by atoms with Crippen LogP contribution in [0.4, 0.5) is 11.5 Å². The first-order valence-corrected chi connectivity index (χ1v) is 10.5. The highest BCUT2D eigenvalue weighted by molar-refractivity contribution is 6.30. The molecule has 2 heterocycles. The second-order valence-electron chi connectivity index (χ2n) is 7.44. The van der Waals surface area contributed by atoms with Crippen molar-refractivity contribution in [3.8, 4) is 17.0 Å². The van der Waals surface area contributed by atoms with E-state index in [1.165, 1.54) is 0 Å². The fourth-order valence-corrected chi connectivity index (χ4v) is 3.52. The van der Waals surface area contributed by atoms with Crippen LogP contribution in [0.15, 0.2) is 60.7 Å². The van der Waals surface area contributed by atoms with Gasteiger partial charge < -0.3 is 19.9 Å². The zero-order valence-electron chi connectivity index (χ0n) is 17.3. The van der Waals surface area contributed by atoms with E-state index in [-0.39, 0.29) is 12.5 Å². The van der Waals surface area contributed by atoms with E-state index in [4.69, 9.17) is 16.3 Å². The van der Waals surface area contributed by atoms with E-state index in [9.17, 15) is 4.79 Å². The van der Waals surface area contributed by atoms with Crippen molar-refractivity contribution in [1.82, 2.24) is 15.1 Å². The largest absolute Gasteiger partial charge is 0.484 e. The van der Waals surface area contributed by atoms with E-state index in [1.807, 2.05) is 36.4 Å². The molecule has 1 fully saturated rings. The third kappa shape index (κ3) is 5.71. The van der Waals surface area contributed by atoms with Crippen LogP contribution in [0.3, 0.4) is 0 Å². The first-order valence-electron chi connectivity index (χ1n) is 10.1. The molecule has 0 atom stereocenters. The standard InChI is InChI=1S/C23H24ClN5O2/c1-28-10-12-29(13-11-28)22-9-8-21(26-27-22)17-4-2-6-19(14-17)25-23(30)16-31-20-7-3-5-18(24)15-20/h2-9,14-15H,10-13,16H2,1H3,(H,25,30). The summed E-state index contributed by atoms with van der Waals surface area (Å²) in [7, 11) is 2.13. The molecule has 0 saturated carbocycles. The lowest BCUT2D eigenvalue weighted by molar-refractivity contribution is -0.118. The zero-order valence-corrected chi connectivity index (χ0v) is 18.0. The molecular formula is C23H24ClN5O2. The Kier molecular flexibility index (Phi) is 6.64. The molecule has 7 nitrogen and oxygen atoms in total. The number of rotatable bonds is 6. The van der Waals surface area contributed by atoms with Crippen molar-refractivity contribution in [2.75, 3.05) is 50.1 Å². The van der Waals surface area contributed by atoms with Gasteiger partial charge in [-0.15, -0.1) is 10.2 Å². The van der Waals surface area contributed by atoms with Crippen LogP contribution in [0.1, 0.15) is 0 Å². The van der Waals surface area contributed by atoms with Gasteiger partial charge in [0.2, 0.25) is 0 Å². The van der Waals surface area contributed by atoms with Gasteiger partial charge in [0.15, 0.2) is 12.4 Å². The van der Waals surface area contributed by atoms with Crippen molar-refractivity contribution in [2.24, 2.45) is 0 Å². The number of ether oxygens (including phenoxy) is 1. The predicted octanol–water partition coefficient (Wildman–Crippen LogP) is 3.57. The summed E-state index contributed by atoms with van der Waals surface area (Å²) in [6, 6.07) is 18.4. The number of nitrogens with zero attached hydrogens (tertiary/aromatic N) is 4. The van der Waals surface area contributed by atoms with Gasteiger partial charge in [0, 0.05) is 42.5 Å². The molecule has 1 amide bonds. The smallest absolute Gasteiger partial charge is 0.262 e. The fraction of sp³-hybridized carbons (Fsp3) is 0.261. The third-order valence-electron chi connectivity index (χ3n) is 5.09. The summed E-state index contributed by atoms with van der Waals surface area (Å²) in [5, 5.41) is 12.2. The van der Waals surface area contributed by atoms with E-state index < -0.39 is 0 Å². The number of hydrogen-bond acceptors (Lipinski definition) is 6. The van der Waals surface area contributed by atoms with Crippen LogP contribution in [-0.2, 0) is 4.79 Å². The molecule has 2 aromatic carbocycles. The number of nitrogens with one attached hydrogen (secondary N) is 1. The molecule has 0 unspecified atom stereocenters. The molecule has 4 rings (SSSR count). The number of piperazine rings is 1. The van der Waals surface area contributed by atoms with Crippen molar-refractivity contribution in [3.05, 3.63) is 65.7 Å². The van der Waals surface area contributed by atoms with Gasteiger partial charge in [-0.25, -0.2) is 0 Å². The molecular weight excluding hydrogens is 414 g/mol. The van der Waals surface area contributed by atoms with Gasteiger partial charge in [0.05, 0.1) is 5.69 Å². The van der Waals surface area contributed by atoms with Gasteiger partial charge in [-0.3, -0.25) is 4.79 Å². The Balaban J connectivity index is 1.37. The maximum Gasteiger partial charge on any atom is 0.262 e. The number of carbonyl (C=O) groups is 1. The van der Waals surface area contributed by atoms with Gasteiger partial charge in [0.1, 0.15) is 5.75 Å². The zero-order chi connectivity index (χ0) is 21.6. The molecule has 0 radical (unpaired) electrons. The molecule has 8 heteroatoms. The number of hydrogen-bond donors (Lipinski definition) is 1. The van der Waals surface area contributed by atoms with E-state index in [0.717, 1.165) is 43.3 Å². The number of carbonyl (C=O) groups excluding carboxylic acids is 1. The predicted molar refractivity (Wildman–Crippen MR) is 123 cm³/mol. The molecule has 1 saturated heterocycles. The minimum Gasteiger partial charge on any atom is -0.484 e. The van der Waals surface area contributed by atoms with E-state index in [1.54, 1.807) is 24.3 Å². The molecule has 31 heavy (non-hydrogen) atoms. The average molecular weight is 438 g/mol. The van der Waals surface area contributed by atoms with Crippen molar-refractivity contribution >= 4 is 29.0 Å². The van der Waals surface area contributed by atoms with Crippen LogP contribution in [0.25, 0.3) is 11.3 Å². The molecule has 1 aliphatic heterocycles. The van der Waals surface area contributed by atoms with E-state index in [2.05, 4.69) is 32.4 Å². The van der Waals surface area contributed by atoms with Gasteiger partial charge in [-0.1, -0.05) is 29.8 Å². The maximum absolute atomic E-state index is 12.3. The third-order valence-corrected chi connectivity index (χ3v) is 5.32. The van der Waals surface area contributed by atoms with Crippen molar-refractivity contribution in [2.45, 2.75) is 0 Å². The highest BCUT2D eigenvalue weighted by Gasteiger charge is 2.15. The number of aromatic nitrogens is 2. The van der Waals surface area contributed by atoms with Gasteiger partial charge in [-0.2, -0.15) is 0 Å². The van der Waals surface area contributed by atoms with Crippen LogP contribution in [-0.4, -0.2) is 60.8 Å². The average Bonchev–Trinajstić information content (AvgIpc) is 2.79. The Morgan fingerprint density at radius 1 is 1.03 bits per heavy atom. The number of amides is 1. The Morgan fingerprint density at radius 2 is 1.84 bits per heavy atom. The lowest BCUT2D eigenvalue weighted by atomic mass is 10.1. The van der Waals surface area contributed by atoms with Crippen LogP contribution < -0.4 is 15.0 Å². The fourth-order valence-electron chi connectivity index (χ4n) is 3.34. The Morgan fingerprint density at radius 3 is 2.58 bits per heavy atom. The van der Waals surface area contributed by atoms with Gasteiger partial charge in [-0.05, 0) is 49.5 Å². The van der Waals surface area contributed by atoms with Gasteiger partial charge in [0.25, 0.3) is 5.91 Å². The number of anilines is 2. The molecule has 3 aromatic rings. The second kappa shape index (κ2) is 9.76. The molecule has 1 aliphatic rings. The normalized spacial score (nSPS) is 14.3. The topological polar surface area (TPSA) is 70.6 Å². The highest BCUT2D eigenvalue weighted by Crippen LogP contribution is 2.22. The van der Waals surface area contributed by atoms with Crippen molar-refractivity contribution < 1.29 is 9.53 Å². The minimum absolute atomic E-state index is 0.107. The Labute approximate surface area is 186 Å². The van der Waals surface area contributed by atoms with E-state index >= 15 is 0 Å². The summed E-state index contributed by atoms with van der Waals surface area (Å²) < 4.78 is 5.49. The summed E-state index contributed by atoms with van der Waals surface area (Å²) in [4.78, 5) is 16.8. The van der Waals surface area contributed by atoms with Crippen LogP contribution in [0.2, 0.25) is 5.02 Å². The van der Waals surface area contributed by atoms with Crippen molar-refractivity contribution in [1.29, 1.82) is 0 Å². The first-order chi connectivity index (χ1) is 15.1. The Bertz CT molecular complexity index is 1040. The lowest BCUT2D eigenvalue weighted by Gasteiger charge is -2.32. The van der Waals surface area contributed by atoms with Crippen LogP contribution >= 0.6 is 11.6 Å². The van der Waals surface area contributed by atoms with Crippen LogP contribution in [0, 0.1) is 0 Å². The lowest BCUT2D eigenvalue weighted by Crippen LogP contribution is -2.44. The summed E-state index contributed by atoms with van der Waals surface area (Å²) in [6.45, 7) is 3.83. The minimum atomic E-state index is -0.256. The van der Waals surface area contributed by atoms with Crippen molar-refractivity contribution in [3.63, 3.8) is 0 Å². The summed E-state index contributed by atoms with van der Waals surface area (Å²) >= 11 is 5.93. The van der Waals surface area contributed by atoms with E-state index in [0.29, 0.717) is 16.5 Å². The molecule has 1 aromatic heterocycles. The van der Waals surface area contributed by atoms with Gasteiger partial charge >= 0.3 is 0 Å². The SMILES string of the molecule is CN1CCN(c2ccc(-c3cccc(NC(=O)COc4cccc(Cl)c4)c3)nn2)CC1. The molecule has 0 bridgehead atoms. The Hall–Kier alpha value is -3.16. The molecule has 0 spiro atoms. The summed E-state index contributed by atoms with van der Waals surface area (Å²) in [5.74, 6) is 1.18. The second-order valence-corrected chi connectivity index (χ2v) is 7.88. The quantitative estimate of drug-likeness (QED) is 0.635. The number of halogens is 1. The monoisotopic (exact) mass is 437 g/mol. The summed E-state index contributed by atoms with van der Waals surface area (Å²) in [5.41, 5.74) is 2.30. The molecule has 0 aliphatic carbocycles. The number of benzene rings is 2. The molecule has 1 N–H and O–H groups in total. The summed E-state index contributed by atoms with van der Waals surface area (Å²) in [6.07, 6.45) is 0. The maximum atomic E-state index is 12.3. The molecule has 160 valence electrons. The first kappa shape index (κ1) is 21.1. The number of likely N-dealkylation sites (N-methyl/N-ethyl adjacent to an activating group) is 1. The highest BCUT2D eigenvalue weighted by atomic mass is 35.5.